The van der Waals surface area contributed by atoms with Gasteiger partial charge in [-0.05, 0) is 36.1 Å². The van der Waals surface area contributed by atoms with Gasteiger partial charge < -0.3 is 10.4 Å². The standard InChI is InChI=1S/C19H21NO5S/c1-13(14-6-4-3-5-7-14)8-9-18(21)20-16-10-15(19(22)23)11-17(12-16)26(2,24)25/h3-7,10-13H,8-9H2,1-2H3,(H,20,21)(H,22,23). The fraction of sp³-hybridized carbons (Fsp3) is 0.263. The largest absolute Gasteiger partial charge is 0.478 e. The second kappa shape index (κ2) is 8.14. The van der Waals surface area contributed by atoms with Crippen molar-refractivity contribution in [3.63, 3.8) is 0 Å². The van der Waals surface area contributed by atoms with Crippen molar-refractivity contribution >= 4 is 27.4 Å². The molecule has 6 nitrogen and oxygen atoms in total. The van der Waals surface area contributed by atoms with Gasteiger partial charge in [0, 0.05) is 18.4 Å². The van der Waals surface area contributed by atoms with E-state index in [-0.39, 0.29) is 34.4 Å². The first-order chi connectivity index (χ1) is 12.2. The van der Waals surface area contributed by atoms with Crippen molar-refractivity contribution in [1.82, 2.24) is 0 Å². The van der Waals surface area contributed by atoms with Gasteiger partial charge in [-0.15, -0.1) is 0 Å². The molecule has 138 valence electrons. The van der Waals surface area contributed by atoms with Gasteiger partial charge in [-0.3, -0.25) is 4.79 Å². The Morgan fingerprint density at radius 3 is 2.35 bits per heavy atom. The number of carbonyl (C=O) groups is 2. The van der Waals surface area contributed by atoms with Crippen molar-refractivity contribution in [3.8, 4) is 0 Å². The molecule has 0 radical (unpaired) electrons. The van der Waals surface area contributed by atoms with E-state index in [0.717, 1.165) is 17.9 Å². The average molecular weight is 375 g/mol. The van der Waals surface area contributed by atoms with Crippen LogP contribution in [-0.4, -0.2) is 31.7 Å². The summed E-state index contributed by atoms with van der Waals surface area (Å²) in [6.07, 6.45) is 1.84. The number of carbonyl (C=O) groups excluding carboxylic acids is 1. The number of carboxylic acid groups (broad SMARTS) is 1. The third kappa shape index (κ3) is 5.42. The molecule has 0 bridgehead atoms. The summed E-state index contributed by atoms with van der Waals surface area (Å²) in [6, 6.07) is 13.4. The predicted molar refractivity (Wildman–Crippen MR) is 99.2 cm³/mol. The van der Waals surface area contributed by atoms with Crippen molar-refractivity contribution in [1.29, 1.82) is 0 Å². The van der Waals surface area contributed by atoms with E-state index in [4.69, 9.17) is 5.11 Å². The molecule has 1 atom stereocenters. The Balaban J connectivity index is 2.08. The van der Waals surface area contributed by atoms with Crippen LogP contribution in [0, 0.1) is 0 Å². The molecule has 7 heteroatoms. The molecule has 26 heavy (non-hydrogen) atoms. The number of amides is 1. The van der Waals surface area contributed by atoms with Crippen molar-refractivity contribution in [3.05, 3.63) is 59.7 Å². The number of hydrogen-bond donors (Lipinski definition) is 2. The van der Waals surface area contributed by atoms with Gasteiger partial charge in [-0.1, -0.05) is 37.3 Å². The minimum absolute atomic E-state index is 0.148. The smallest absolute Gasteiger partial charge is 0.335 e. The zero-order valence-corrected chi connectivity index (χ0v) is 15.4. The predicted octanol–water partition coefficient (Wildman–Crippen LogP) is 3.31. The highest BCUT2D eigenvalue weighted by Gasteiger charge is 2.15. The lowest BCUT2D eigenvalue weighted by molar-refractivity contribution is -0.116. The van der Waals surface area contributed by atoms with Crippen LogP contribution < -0.4 is 5.32 Å². The molecule has 0 saturated heterocycles. The Bertz CT molecular complexity index is 907. The van der Waals surface area contributed by atoms with Crippen LogP contribution in [0.1, 0.15) is 41.6 Å². The van der Waals surface area contributed by atoms with Gasteiger partial charge in [0.25, 0.3) is 0 Å². The van der Waals surface area contributed by atoms with E-state index < -0.39 is 15.8 Å². The molecule has 0 aromatic heterocycles. The van der Waals surface area contributed by atoms with Crippen LogP contribution in [0.15, 0.2) is 53.4 Å². The molecular formula is C19H21NO5S. The summed E-state index contributed by atoms with van der Waals surface area (Å²) in [5.74, 6) is -1.36. The average Bonchev–Trinajstić information content (AvgIpc) is 2.59. The van der Waals surface area contributed by atoms with E-state index in [1.807, 2.05) is 37.3 Å². The van der Waals surface area contributed by atoms with Crippen LogP contribution >= 0.6 is 0 Å². The number of rotatable bonds is 7. The second-order valence-corrected chi connectivity index (χ2v) is 8.24. The van der Waals surface area contributed by atoms with Crippen molar-refractivity contribution < 1.29 is 23.1 Å². The summed E-state index contributed by atoms with van der Waals surface area (Å²) in [5, 5.41) is 11.7. The number of nitrogens with one attached hydrogen (secondary N) is 1. The first-order valence-corrected chi connectivity index (χ1v) is 9.99. The van der Waals surface area contributed by atoms with Crippen LogP contribution in [0.2, 0.25) is 0 Å². The lowest BCUT2D eigenvalue weighted by atomic mass is 9.96. The van der Waals surface area contributed by atoms with Crippen molar-refractivity contribution in [2.75, 3.05) is 11.6 Å². The summed E-state index contributed by atoms with van der Waals surface area (Å²) in [7, 11) is -3.59. The van der Waals surface area contributed by atoms with Crippen LogP contribution in [0.5, 0.6) is 0 Å². The van der Waals surface area contributed by atoms with E-state index in [1.165, 1.54) is 12.1 Å². The van der Waals surface area contributed by atoms with Crippen molar-refractivity contribution in [2.24, 2.45) is 0 Å². The van der Waals surface area contributed by atoms with Gasteiger partial charge in [0.15, 0.2) is 9.84 Å². The summed E-state index contributed by atoms with van der Waals surface area (Å²) in [6.45, 7) is 2.02. The molecule has 1 amide bonds. The Morgan fingerprint density at radius 2 is 1.77 bits per heavy atom. The maximum absolute atomic E-state index is 12.2. The summed E-state index contributed by atoms with van der Waals surface area (Å²) < 4.78 is 23.4. The number of sulfone groups is 1. The highest BCUT2D eigenvalue weighted by molar-refractivity contribution is 7.90. The summed E-state index contributed by atoms with van der Waals surface area (Å²) in [4.78, 5) is 23.2. The Kier molecular flexibility index (Phi) is 6.15. The normalized spacial score (nSPS) is 12.4. The third-order valence-electron chi connectivity index (χ3n) is 4.04. The van der Waals surface area contributed by atoms with Crippen LogP contribution in [0.3, 0.4) is 0 Å². The number of anilines is 1. The van der Waals surface area contributed by atoms with Gasteiger partial charge in [0.05, 0.1) is 10.5 Å². The molecule has 2 aromatic carbocycles. The Morgan fingerprint density at radius 1 is 1.12 bits per heavy atom. The summed E-state index contributed by atoms with van der Waals surface area (Å²) in [5.41, 5.74) is 1.09. The lowest BCUT2D eigenvalue weighted by Crippen LogP contribution is -2.14. The Labute approximate surface area is 152 Å². The van der Waals surface area contributed by atoms with E-state index in [1.54, 1.807) is 0 Å². The minimum Gasteiger partial charge on any atom is -0.478 e. The van der Waals surface area contributed by atoms with Crippen molar-refractivity contribution in [2.45, 2.75) is 30.6 Å². The fourth-order valence-electron chi connectivity index (χ4n) is 2.53. The number of benzene rings is 2. The highest BCUT2D eigenvalue weighted by atomic mass is 32.2. The summed E-state index contributed by atoms with van der Waals surface area (Å²) >= 11 is 0. The molecule has 0 heterocycles. The molecular weight excluding hydrogens is 354 g/mol. The highest BCUT2D eigenvalue weighted by Crippen LogP contribution is 2.22. The van der Waals surface area contributed by atoms with Gasteiger partial charge in [-0.25, -0.2) is 13.2 Å². The zero-order chi connectivity index (χ0) is 19.3. The third-order valence-corrected chi connectivity index (χ3v) is 5.13. The quantitative estimate of drug-likeness (QED) is 0.773. The van der Waals surface area contributed by atoms with Crippen LogP contribution in [0.4, 0.5) is 5.69 Å². The van der Waals surface area contributed by atoms with Crippen LogP contribution in [-0.2, 0) is 14.6 Å². The van der Waals surface area contributed by atoms with E-state index in [0.29, 0.717) is 6.42 Å². The topological polar surface area (TPSA) is 101 Å². The van der Waals surface area contributed by atoms with Gasteiger partial charge >= 0.3 is 5.97 Å². The van der Waals surface area contributed by atoms with E-state index in [2.05, 4.69) is 5.32 Å². The first-order valence-electron chi connectivity index (χ1n) is 8.10. The first kappa shape index (κ1) is 19.7. The Hall–Kier alpha value is -2.67. The van der Waals surface area contributed by atoms with Crippen LogP contribution in [0.25, 0.3) is 0 Å². The second-order valence-electron chi connectivity index (χ2n) is 6.22. The van der Waals surface area contributed by atoms with E-state index >= 15 is 0 Å². The van der Waals surface area contributed by atoms with Gasteiger partial charge in [-0.2, -0.15) is 0 Å². The SMILES string of the molecule is CC(CCC(=O)Nc1cc(C(=O)O)cc(S(C)(=O)=O)c1)c1ccccc1. The van der Waals surface area contributed by atoms with Gasteiger partial charge in [0.1, 0.15) is 0 Å². The molecule has 0 fully saturated rings. The minimum atomic E-state index is -3.59. The molecule has 0 aliphatic rings. The van der Waals surface area contributed by atoms with Gasteiger partial charge in [0.2, 0.25) is 5.91 Å². The molecule has 0 aliphatic carbocycles. The fourth-order valence-corrected chi connectivity index (χ4v) is 3.21. The molecule has 0 aliphatic heterocycles. The maximum Gasteiger partial charge on any atom is 0.335 e. The molecule has 0 saturated carbocycles. The van der Waals surface area contributed by atoms with E-state index in [9.17, 15) is 18.0 Å². The maximum atomic E-state index is 12.2. The number of hydrogen-bond acceptors (Lipinski definition) is 4. The molecule has 1 unspecified atom stereocenters. The number of carboxylic acids is 1. The molecule has 2 N–H and O–H groups in total. The molecule has 2 rings (SSSR count). The zero-order valence-electron chi connectivity index (χ0n) is 14.6. The monoisotopic (exact) mass is 375 g/mol. The molecule has 0 spiro atoms. The molecule has 2 aromatic rings. The number of aromatic carboxylic acids is 1. The lowest BCUT2D eigenvalue weighted by Gasteiger charge is -2.12.